The molecule has 0 aliphatic carbocycles. The molecule has 1 heterocycles. The molecule has 2 aromatic rings. The molecule has 0 aliphatic rings. The fraction of sp³-hybridized carbons (Fsp3) is 0.0833. The number of rotatable bonds is 3. The Labute approximate surface area is 104 Å². The average molecular weight is 251 g/mol. The maximum absolute atomic E-state index is 11.7. The molecule has 2 rings (SSSR count). The van der Waals surface area contributed by atoms with Crippen LogP contribution in [0.3, 0.4) is 0 Å². The first kappa shape index (κ1) is 11.5. The lowest BCUT2D eigenvalue weighted by atomic mass is 10.3. The molecule has 0 aliphatic heterocycles. The highest BCUT2D eigenvalue weighted by Gasteiger charge is 2.08. The number of hydrogen-bond donors (Lipinski definition) is 2. The zero-order valence-corrected chi connectivity index (χ0v) is 9.91. The van der Waals surface area contributed by atoms with Crippen LogP contribution in [0.1, 0.15) is 10.5 Å². The van der Waals surface area contributed by atoms with Crippen molar-refractivity contribution in [2.75, 3.05) is 12.4 Å². The van der Waals surface area contributed by atoms with Crippen LogP contribution in [-0.4, -0.2) is 18.0 Å². The number of methoxy groups -OCH3 is 1. The summed E-state index contributed by atoms with van der Waals surface area (Å²) in [6, 6.07) is 8.51. The minimum atomic E-state index is -0.209. The molecule has 88 valence electrons. The van der Waals surface area contributed by atoms with Gasteiger partial charge in [0.15, 0.2) is 0 Å². The van der Waals surface area contributed by atoms with E-state index in [1.165, 1.54) is 7.11 Å². The summed E-state index contributed by atoms with van der Waals surface area (Å²) >= 11 is 5.89. The third-order valence-electron chi connectivity index (χ3n) is 2.25. The van der Waals surface area contributed by atoms with Gasteiger partial charge in [-0.25, -0.2) is 0 Å². The first-order valence-electron chi connectivity index (χ1n) is 4.99. The molecule has 0 radical (unpaired) electrons. The molecule has 4 nitrogen and oxygen atoms in total. The van der Waals surface area contributed by atoms with E-state index in [0.29, 0.717) is 22.2 Å². The minimum absolute atomic E-state index is 0.209. The molecule has 0 saturated carbocycles. The van der Waals surface area contributed by atoms with Gasteiger partial charge in [0.2, 0.25) is 0 Å². The lowest BCUT2D eigenvalue weighted by Crippen LogP contribution is -2.12. The van der Waals surface area contributed by atoms with Gasteiger partial charge in [0.1, 0.15) is 11.4 Å². The molecule has 0 fully saturated rings. The first-order valence-corrected chi connectivity index (χ1v) is 5.37. The smallest absolute Gasteiger partial charge is 0.272 e. The van der Waals surface area contributed by atoms with Crippen molar-refractivity contribution >= 4 is 23.2 Å². The molecule has 2 N–H and O–H groups in total. The minimum Gasteiger partial charge on any atom is -0.495 e. The Morgan fingerprint density at radius 2 is 2.24 bits per heavy atom. The van der Waals surface area contributed by atoms with Gasteiger partial charge in [-0.1, -0.05) is 11.6 Å². The van der Waals surface area contributed by atoms with Crippen molar-refractivity contribution < 1.29 is 9.53 Å². The van der Waals surface area contributed by atoms with Crippen LogP contribution in [0.15, 0.2) is 36.5 Å². The highest BCUT2D eigenvalue weighted by Crippen LogP contribution is 2.27. The summed E-state index contributed by atoms with van der Waals surface area (Å²) in [7, 11) is 1.53. The number of carbonyl (C=O) groups excluding carboxylic acids is 1. The maximum atomic E-state index is 11.7. The van der Waals surface area contributed by atoms with Crippen molar-refractivity contribution in [3.63, 3.8) is 0 Å². The van der Waals surface area contributed by atoms with Crippen molar-refractivity contribution in [2.45, 2.75) is 0 Å². The number of H-pyrrole nitrogens is 1. The van der Waals surface area contributed by atoms with E-state index in [-0.39, 0.29) is 5.91 Å². The standard InChI is InChI=1S/C12H11ClN2O2/c1-17-11-7-8(4-5-9(11)13)15-12(16)10-3-2-6-14-10/h2-7,14H,1H3,(H,15,16). The molecule has 17 heavy (non-hydrogen) atoms. The SMILES string of the molecule is COc1cc(NC(=O)c2ccc[nH]2)ccc1Cl. The van der Waals surface area contributed by atoms with Gasteiger partial charge in [-0.3, -0.25) is 4.79 Å². The van der Waals surface area contributed by atoms with Crippen LogP contribution in [0.5, 0.6) is 5.75 Å². The molecule has 1 aromatic carbocycles. The van der Waals surface area contributed by atoms with Gasteiger partial charge in [-0.15, -0.1) is 0 Å². The second-order valence-corrected chi connectivity index (χ2v) is 3.79. The molecular weight excluding hydrogens is 240 g/mol. The van der Waals surface area contributed by atoms with E-state index < -0.39 is 0 Å². The zero-order valence-electron chi connectivity index (χ0n) is 9.16. The highest BCUT2D eigenvalue weighted by molar-refractivity contribution is 6.32. The van der Waals surface area contributed by atoms with E-state index >= 15 is 0 Å². The summed E-state index contributed by atoms with van der Waals surface area (Å²) in [5.41, 5.74) is 1.13. The predicted octanol–water partition coefficient (Wildman–Crippen LogP) is 2.93. The Hall–Kier alpha value is -1.94. The predicted molar refractivity (Wildman–Crippen MR) is 66.7 cm³/mol. The lowest BCUT2D eigenvalue weighted by molar-refractivity contribution is 0.102. The Morgan fingerprint density at radius 1 is 1.41 bits per heavy atom. The number of halogens is 1. The second kappa shape index (κ2) is 4.93. The van der Waals surface area contributed by atoms with Crippen molar-refractivity contribution in [1.82, 2.24) is 4.98 Å². The van der Waals surface area contributed by atoms with Gasteiger partial charge in [0.25, 0.3) is 5.91 Å². The number of ether oxygens (including phenoxy) is 1. The van der Waals surface area contributed by atoms with Gasteiger partial charge in [-0.05, 0) is 24.3 Å². The summed E-state index contributed by atoms with van der Waals surface area (Å²) in [5.74, 6) is 0.315. The summed E-state index contributed by atoms with van der Waals surface area (Å²) < 4.78 is 5.07. The Balaban J connectivity index is 2.16. The Bertz CT molecular complexity index is 523. The normalized spacial score (nSPS) is 10.0. The number of nitrogens with one attached hydrogen (secondary N) is 2. The monoisotopic (exact) mass is 250 g/mol. The van der Waals surface area contributed by atoms with E-state index in [0.717, 1.165) is 0 Å². The largest absolute Gasteiger partial charge is 0.495 e. The van der Waals surface area contributed by atoms with E-state index in [1.54, 1.807) is 36.5 Å². The number of hydrogen-bond acceptors (Lipinski definition) is 2. The molecule has 5 heteroatoms. The van der Waals surface area contributed by atoms with E-state index in [1.807, 2.05) is 0 Å². The molecule has 0 unspecified atom stereocenters. The second-order valence-electron chi connectivity index (χ2n) is 3.39. The molecule has 1 aromatic heterocycles. The third-order valence-corrected chi connectivity index (χ3v) is 2.56. The van der Waals surface area contributed by atoms with E-state index in [2.05, 4.69) is 10.3 Å². The molecule has 0 atom stereocenters. The Kier molecular flexibility index (Phi) is 3.35. The quantitative estimate of drug-likeness (QED) is 0.880. The fourth-order valence-electron chi connectivity index (χ4n) is 1.41. The number of anilines is 1. The van der Waals surface area contributed by atoms with E-state index in [9.17, 15) is 4.79 Å². The summed E-state index contributed by atoms with van der Waals surface area (Å²) in [4.78, 5) is 14.6. The van der Waals surface area contributed by atoms with Crippen LogP contribution < -0.4 is 10.1 Å². The van der Waals surface area contributed by atoms with E-state index in [4.69, 9.17) is 16.3 Å². The summed E-state index contributed by atoms with van der Waals surface area (Å²) in [5, 5.41) is 3.24. The number of benzene rings is 1. The van der Waals surface area contributed by atoms with Gasteiger partial charge in [0, 0.05) is 18.0 Å². The molecule has 0 saturated heterocycles. The number of carbonyl (C=O) groups is 1. The average Bonchev–Trinajstić information content (AvgIpc) is 2.85. The molecule has 1 amide bonds. The number of aromatic nitrogens is 1. The molecular formula is C12H11ClN2O2. The summed E-state index contributed by atoms with van der Waals surface area (Å²) in [6.45, 7) is 0. The van der Waals surface area contributed by atoms with Gasteiger partial charge < -0.3 is 15.0 Å². The topological polar surface area (TPSA) is 54.1 Å². The van der Waals surface area contributed by atoms with Crippen LogP contribution in [0.4, 0.5) is 5.69 Å². The molecule has 0 spiro atoms. The first-order chi connectivity index (χ1) is 8.20. The number of aromatic amines is 1. The van der Waals surface area contributed by atoms with Crippen molar-refractivity contribution in [3.05, 3.63) is 47.2 Å². The fourth-order valence-corrected chi connectivity index (χ4v) is 1.60. The van der Waals surface area contributed by atoms with Gasteiger partial charge >= 0.3 is 0 Å². The zero-order chi connectivity index (χ0) is 12.3. The van der Waals surface area contributed by atoms with Crippen LogP contribution >= 0.6 is 11.6 Å². The molecule has 0 bridgehead atoms. The van der Waals surface area contributed by atoms with Crippen LogP contribution in [0.25, 0.3) is 0 Å². The number of amides is 1. The van der Waals surface area contributed by atoms with Crippen LogP contribution in [0.2, 0.25) is 5.02 Å². The maximum Gasteiger partial charge on any atom is 0.272 e. The van der Waals surface area contributed by atoms with Crippen molar-refractivity contribution in [3.8, 4) is 5.75 Å². The third kappa shape index (κ3) is 2.60. The van der Waals surface area contributed by atoms with Crippen molar-refractivity contribution in [2.24, 2.45) is 0 Å². The highest BCUT2D eigenvalue weighted by atomic mass is 35.5. The van der Waals surface area contributed by atoms with Gasteiger partial charge in [-0.2, -0.15) is 0 Å². The Morgan fingerprint density at radius 3 is 2.88 bits per heavy atom. The van der Waals surface area contributed by atoms with Crippen LogP contribution in [-0.2, 0) is 0 Å². The lowest BCUT2D eigenvalue weighted by Gasteiger charge is -2.07. The van der Waals surface area contributed by atoms with Gasteiger partial charge in [0.05, 0.1) is 12.1 Å². The van der Waals surface area contributed by atoms with Crippen molar-refractivity contribution in [1.29, 1.82) is 0 Å². The van der Waals surface area contributed by atoms with Crippen LogP contribution in [0, 0.1) is 0 Å². The summed E-state index contributed by atoms with van der Waals surface area (Å²) in [6.07, 6.45) is 1.69.